The zero-order valence-corrected chi connectivity index (χ0v) is 12.1. The third-order valence-corrected chi connectivity index (χ3v) is 4.29. The lowest BCUT2D eigenvalue weighted by atomic mass is 10.1. The van der Waals surface area contributed by atoms with Crippen LogP contribution in [0.15, 0.2) is 30.3 Å². The maximum atomic E-state index is 12.5. The van der Waals surface area contributed by atoms with Crippen molar-refractivity contribution in [2.45, 2.75) is 44.6 Å². The van der Waals surface area contributed by atoms with Crippen LogP contribution in [0.25, 0.3) is 0 Å². The van der Waals surface area contributed by atoms with Gasteiger partial charge in [-0.25, -0.2) is 9.28 Å². The van der Waals surface area contributed by atoms with Gasteiger partial charge < -0.3 is 0 Å². The van der Waals surface area contributed by atoms with Gasteiger partial charge in [-0.2, -0.15) is 0 Å². The van der Waals surface area contributed by atoms with E-state index in [2.05, 4.69) is 5.32 Å². The summed E-state index contributed by atoms with van der Waals surface area (Å²) in [5, 5.41) is 3.03. The third-order valence-electron chi connectivity index (χ3n) is 4.29. The summed E-state index contributed by atoms with van der Waals surface area (Å²) in [6, 6.07) is 10.3. The van der Waals surface area contributed by atoms with E-state index in [0.29, 0.717) is 10.5 Å². The summed E-state index contributed by atoms with van der Waals surface area (Å²) in [7, 11) is 4.07. The summed E-state index contributed by atoms with van der Waals surface area (Å²) in [6.07, 6.45) is 7.47. The van der Waals surface area contributed by atoms with Gasteiger partial charge in [0.15, 0.2) is 0 Å². The number of quaternary nitrogens is 1. The molecule has 0 aliphatic heterocycles. The molecular weight excluding hydrogens is 236 g/mol. The molecule has 3 heteroatoms. The van der Waals surface area contributed by atoms with Crippen molar-refractivity contribution in [3.63, 3.8) is 0 Å². The number of nitrogens with one attached hydrogen (secondary N) is 1. The lowest BCUT2D eigenvalue weighted by molar-refractivity contribution is -0.834. The van der Waals surface area contributed by atoms with E-state index in [1.807, 2.05) is 44.4 Å². The van der Waals surface area contributed by atoms with Crippen LogP contribution >= 0.6 is 0 Å². The zero-order chi connectivity index (χ0) is 13.7. The number of carbonyl (C=O) groups excluding carboxylic acids is 1. The Morgan fingerprint density at radius 1 is 1.05 bits per heavy atom. The Morgan fingerprint density at radius 2 is 1.63 bits per heavy atom. The smallest absolute Gasteiger partial charge is 0.275 e. The molecule has 1 fully saturated rings. The Balaban J connectivity index is 2.03. The highest BCUT2D eigenvalue weighted by molar-refractivity contribution is 5.84. The first-order chi connectivity index (χ1) is 9.10. The van der Waals surface area contributed by atoms with Gasteiger partial charge in [0.1, 0.15) is 0 Å². The molecule has 2 amide bonds. The molecule has 0 unspecified atom stereocenters. The SMILES string of the molecule is C[N+](C)(C(=O)Nc1ccccc1)C1CCCCCC1. The van der Waals surface area contributed by atoms with Crippen LogP contribution in [-0.4, -0.2) is 30.7 Å². The lowest BCUT2D eigenvalue weighted by Gasteiger charge is -2.34. The third kappa shape index (κ3) is 3.57. The molecule has 19 heavy (non-hydrogen) atoms. The van der Waals surface area contributed by atoms with Crippen molar-refractivity contribution >= 4 is 11.7 Å². The number of hydrogen-bond donors (Lipinski definition) is 1. The molecule has 1 aliphatic rings. The fraction of sp³-hybridized carbons (Fsp3) is 0.562. The summed E-state index contributed by atoms with van der Waals surface area (Å²) in [5.74, 6) is 0. The van der Waals surface area contributed by atoms with Crippen molar-refractivity contribution in [1.29, 1.82) is 0 Å². The minimum atomic E-state index is 0.0955. The molecule has 1 aromatic rings. The first kappa shape index (κ1) is 14.1. The van der Waals surface area contributed by atoms with Gasteiger partial charge in [-0.1, -0.05) is 31.0 Å². The summed E-state index contributed by atoms with van der Waals surface area (Å²) in [6.45, 7) is 0. The fourth-order valence-electron chi connectivity index (χ4n) is 2.86. The van der Waals surface area contributed by atoms with Crippen molar-refractivity contribution in [3.05, 3.63) is 30.3 Å². The maximum Gasteiger partial charge on any atom is 0.420 e. The second kappa shape index (κ2) is 6.20. The highest BCUT2D eigenvalue weighted by atomic mass is 16.2. The molecule has 1 N–H and O–H groups in total. The maximum absolute atomic E-state index is 12.5. The van der Waals surface area contributed by atoms with Gasteiger partial charge >= 0.3 is 6.03 Å². The standard InChI is InChI=1S/C16H24N2O/c1-18(2,15-12-8-3-4-9-13-15)16(19)17-14-10-6-5-7-11-14/h5-7,10-11,15H,3-4,8-9,12-13H2,1-2H3/p+1. The molecule has 0 spiro atoms. The first-order valence-corrected chi connectivity index (χ1v) is 7.31. The van der Waals surface area contributed by atoms with Gasteiger partial charge in [0.25, 0.3) is 0 Å². The summed E-state index contributed by atoms with van der Waals surface area (Å²) >= 11 is 0. The highest BCUT2D eigenvalue weighted by Crippen LogP contribution is 2.25. The number of benzene rings is 1. The van der Waals surface area contributed by atoms with Gasteiger partial charge in [0.05, 0.1) is 20.1 Å². The quantitative estimate of drug-likeness (QED) is 0.632. The number of para-hydroxylation sites is 1. The molecule has 3 nitrogen and oxygen atoms in total. The first-order valence-electron chi connectivity index (χ1n) is 7.31. The van der Waals surface area contributed by atoms with Crippen LogP contribution in [0.1, 0.15) is 38.5 Å². The van der Waals surface area contributed by atoms with Crippen LogP contribution < -0.4 is 5.32 Å². The normalized spacial score (nSPS) is 17.8. The second-order valence-corrected chi connectivity index (χ2v) is 5.98. The van der Waals surface area contributed by atoms with Crippen molar-refractivity contribution in [1.82, 2.24) is 0 Å². The molecule has 2 rings (SSSR count). The molecule has 0 radical (unpaired) electrons. The van der Waals surface area contributed by atoms with E-state index >= 15 is 0 Å². The van der Waals surface area contributed by atoms with Crippen LogP contribution in [0.4, 0.5) is 10.5 Å². The molecule has 0 heterocycles. The van der Waals surface area contributed by atoms with Crippen LogP contribution in [0.5, 0.6) is 0 Å². The minimum Gasteiger partial charge on any atom is -0.275 e. The molecule has 1 aromatic carbocycles. The van der Waals surface area contributed by atoms with Crippen LogP contribution in [0.2, 0.25) is 0 Å². The Kier molecular flexibility index (Phi) is 4.59. The molecule has 104 valence electrons. The number of hydrogen-bond acceptors (Lipinski definition) is 1. The van der Waals surface area contributed by atoms with Crippen molar-refractivity contribution in [3.8, 4) is 0 Å². The predicted octanol–water partition coefficient (Wildman–Crippen LogP) is 4.02. The van der Waals surface area contributed by atoms with Gasteiger partial charge in [-0.3, -0.25) is 5.32 Å². The largest absolute Gasteiger partial charge is 0.420 e. The van der Waals surface area contributed by atoms with E-state index in [-0.39, 0.29) is 6.03 Å². The molecule has 0 bridgehead atoms. The van der Waals surface area contributed by atoms with E-state index in [1.54, 1.807) is 0 Å². The lowest BCUT2D eigenvalue weighted by Crippen LogP contribution is -2.55. The molecule has 1 saturated carbocycles. The van der Waals surface area contributed by atoms with Crippen molar-refractivity contribution < 1.29 is 9.28 Å². The molecular formula is C16H25N2O+. The number of carbonyl (C=O) groups is 1. The Morgan fingerprint density at radius 3 is 2.21 bits per heavy atom. The Bertz CT molecular complexity index is 406. The van der Waals surface area contributed by atoms with E-state index in [0.717, 1.165) is 18.5 Å². The van der Waals surface area contributed by atoms with E-state index in [1.165, 1.54) is 25.7 Å². The van der Waals surface area contributed by atoms with Gasteiger partial charge in [-0.05, 0) is 37.8 Å². The molecule has 0 saturated heterocycles. The van der Waals surface area contributed by atoms with Crippen LogP contribution in [0, 0.1) is 0 Å². The Labute approximate surface area is 116 Å². The average molecular weight is 261 g/mol. The van der Waals surface area contributed by atoms with Gasteiger partial charge in [-0.15, -0.1) is 0 Å². The number of urea groups is 1. The number of anilines is 1. The number of nitrogens with zero attached hydrogens (tertiary/aromatic N) is 1. The molecule has 0 aromatic heterocycles. The highest BCUT2D eigenvalue weighted by Gasteiger charge is 2.36. The van der Waals surface area contributed by atoms with E-state index in [9.17, 15) is 4.79 Å². The van der Waals surface area contributed by atoms with Crippen LogP contribution in [0.3, 0.4) is 0 Å². The zero-order valence-electron chi connectivity index (χ0n) is 12.1. The van der Waals surface area contributed by atoms with E-state index < -0.39 is 0 Å². The van der Waals surface area contributed by atoms with Gasteiger partial charge in [0, 0.05) is 5.69 Å². The number of amides is 2. The Hall–Kier alpha value is -1.35. The van der Waals surface area contributed by atoms with Crippen molar-refractivity contribution in [2.24, 2.45) is 0 Å². The van der Waals surface area contributed by atoms with Crippen LogP contribution in [-0.2, 0) is 0 Å². The molecule has 1 aliphatic carbocycles. The van der Waals surface area contributed by atoms with E-state index in [4.69, 9.17) is 0 Å². The summed E-state index contributed by atoms with van der Waals surface area (Å²) in [4.78, 5) is 12.5. The second-order valence-electron chi connectivity index (χ2n) is 5.98. The fourth-order valence-corrected chi connectivity index (χ4v) is 2.86. The summed E-state index contributed by atoms with van der Waals surface area (Å²) in [5.41, 5.74) is 0.882. The predicted molar refractivity (Wildman–Crippen MR) is 79.1 cm³/mol. The number of rotatable bonds is 2. The van der Waals surface area contributed by atoms with Crippen molar-refractivity contribution in [2.75, 3.05) is 19.4 Å². The average Bonchev–Trinajstić information content (AvgIpc) is 2.69. The molecule has 0 atom stereocenters. The van der Waals surface area contributed by atoms with Gasteiger partial charge in [0.2, 0.25) is 0 Å². The summed E-state index contributed by atoms with van der Waals surface area (Å²) < 4.78 is 0.439. The monoisotopic (exact) mass is 261 g/mol. The topological polar surface area (TPSA) is 29.1 Å². The minimum absolute atomic E-state index is 0.0955.